The molecular formula is C16H29N3O2. The molecule has 0 amide bonds. The Hall–Kier alpha value is -0.650. The number of rotatable bonds is 6. The molecule has 2 saturated carbocycles. The molecule has 3 aliphatic rings. The lowest BCUT2D eigenvalue weighted by atomic mass is 9.97. The van der Waals surface area contributed by atoms with Crippen molar-refractivity contribution in [1.29, 1.82) is 0 Å². The van der Waals surface area contributed by atoms with Gasteiger partial charge in [-0.3, -0.25) is 15.0 Å². The van der Waals surface area contributed by atoms with Crippen LogP contribution < -0.4 is 5.32 Å². The minimum Gasteiger partial charge on any atom is -0.480 e. The van der Waals surface area contributed by atoms with Crippen LogP contribution in [0.1, 0.15) is 44.9 Å². The molecule has 3 fully saturated rings. The summed E-state index contributed by atoms with van der Waals surface area (Å²) in [4.78, 5) is 16.7. The van der Waals surface area contributed by atoms with Crippen LogP contribution >= 0.6 is 0 Å². The highest BCUT2D eigenvalue weighted by Crippen LogP contribution is 2.39. The van der Waals surface area contributed by atoms with Crippen LogP contribution in [0.15, 0.2) is 0 Å². The Morgan fingerprint density at radius 2 is 2.10 bits per heavy atom. The van der Waals surface area contributed by atoms with Gasteiger partial charge in [0.2, 0.25) is 0 Å². The number of carbonyl (C=O) groups is 1. The second-order valence-electron chi connectivity index (χ2n) is 7.50. The molecule has 1 heterocycles. The lowest BCUT2D eigenvalue weighted by molar-refractivity contribution is -0.145. The Kier molecular flexibility index (Phi) is 4.26. The van der Waals surface area contributed by atoms with Crippen molar-refractivity contribution in [3.8, 4) is 0 Å². The lowest BCUT2D eigenvalue weighted by Crippen LogP contribution is -2.53. The van der Waals surface area contributed by atoms with Crippen molar-refractivity contribution >= 4 is 5.97 Å². The molecule has 2 aliphatic carbocycles. The maximum atomic E-state index is 11.8. The van der Waals surface area contributed by atoms with Crippen molar-refractivity contribution in [2.75, 3.05) is 27.2 Å². The number of carboxylic acids is 1. The van der Waals surface area contributed by atoms with Crippen molar-refractivity contribution < 1.29 is 9.90 Å². The third-order valence-electron chi connectivity index (χ3n) is 5.42. The first-order valence-electron chi connectivity index (χ1n) is 8.42. The Bertz CT molecular complexity index is 397. The molecule has 0 aromatic heterocycles. The topological polar surface area (TPSA) is 55.8 Å². The minimum atomic E-state index is -0.656. The fourth-order valence-electron chi connectivity index (χ4n) is 4.26. The van der Waals surface area contributed by atoms with Gasteiger partial charge in [-0.05, 0) is 65.6 Å². The predicted octanol–water partition coefficient (Wildman–Crippen LogP) is 1.14. The Morgan fingerprint density at radius 3 is 2.71 bits per heavy atom. The minimum absolute atomic E-state index is 0.444. The number of aliphatic carboxylic acids is 1. The molecule has 3 rings (SSSR count). The van der Waals surface area contributed by atoms with Gasteiger partial charge >= 0.3 is 5.97 Å². The van der Waals surface area contributed by atoms with Crippen molar-refractivity contribution in [3.05, 3.63) is 0 Å². The standard InChI is InChI=1S/C16H29N3O2/c1-18(2)11-14-4-3-9-19(14)13-7-8-16(10-13,15(20)21)17-12-5-6-12/h12-14,17H,3-11H2,1-2H3,(H,20,21). The summed E-state index contributed by atoms with van der Waals surface area (Å²) in [5.74, 6) is -0.639. The van der Waals surface area contributed by atoms with Gasteiger partial charge in [0, 0.05) is 24.7 Å². The average molecular weight is 295 g/mol. The molecule has 0 aromatic carbocycles. The molecule has 3 atom stereocenters. The molecule has 2 N–H and O–H groups in total. The SMILES string of the molecule is CN(C)CC1CCCN1C1CCC(NC2CC2)(C(=O)O)C1. The van der Waals surface area contributed by atoms with E-state index in [1.165, 1.54) is 12.8 Å². The summed E-state index contributed by atoms with van der Waals surface area (Å²) >= 11 is 0. The third-order valence-corrected chi connectivity index (χ3v) is 5.42. The summed E-state index contributed by atoms with van der Waals surface area (Å²) in [5.41, 5.74) is -0.656. The van der Waals surface area contributed by atoms with Gasteiger partial charge in [-0.15, -0.1) is 0 Å². The van der Waals surface area contributed by atoms with Gasteiger partial charge in [0.15, 0.2) is 0 Å². The second-order valence-corrected chi connectivity index (χ2v) is 7.50. The molecule has 0 spiro atoms. The van der Waals surface area contributed by atoms with Gasteiger partial charge in [-0.2, -0.15) is 0 Å². The van der Waals surface area contributed by atoms with E-state index in [4.69, 9.17) is 0 Å². The average Bonchev–Trinajstić information content (AvgIpc) is 2.93. The number of hydrogen-bond acceptors (Lipinski definition) is 4. The van der Waals surface area contributed by atoms with Crippen molar-refractivity contribution in [2.24, 2.45) is 0 Å². The smallest absolute Gasteiger partial charge is 0.323 e. The van der Waals surface area contributed by atoms with E-state index in [2.05, 4.69) is 29.2 Å². The molecule has 0 radical (unpaired) electrons. The first-order chi connectivity index (χ1) is 10.00. The number of likely N-dealkylation sites (tertiary alicyclic amines) is 1. The molecule has 0 bridgehead atoms. The van der Waals surface area contributed by atoms with Crippen LogP contribution in [0.3, 0.4) is 0 Å². The van der Waals surface area contributed by atoms with Crippen LogP contribution in [0, 0.1) is 0 Å². The van der Waals surface area contributed by atoms with E-state index in [9.17, 15) is 9.90 Å². The maximum absolute atomic E-state index is 11.8. The highest BCUT2D eigenvalue weighted by molar-refractivity contribution is 5.79. The van der Waals surface area contributed by atoms with Gasteiger partial charge in [-0.1, -0.05) is 0 Å². The van der Waals surface area contributed by atoms with Crippen LogP contribution in [-0.4, -0.2) is 71.7 Å². The molecule has 5 nitrogen and oxygen atoms in total. The quantitative estimate of drug-likeness (QED) is 0.769. The van der Waals surface area contributed by atoms with Crippen molar-refractivity contribution in [1.82, 2.24) is 15.1 Å². The van der Waals surface area contributed by atoms with E-state index >= 15 is 0 Å². The zero-order valence-corrected chi connectivity index (χ0v) is 13.3. The van der Waals surface area contributed by atoms with Crippen LogP contribution in [-0.2, 0) is 4.79 Å². The number of carboxylic acid groups (broad SMARTS) is 1. The first kappa shape index (κ1) is 15.3. The van der Waals surface area contributed by atoms with Crippen LogP contribution in [0.25, 0.3) is 0 Å². The normalized spacial score (nSPS) is 37.5. The van der Waals surface area contributed by atoms with Crippen LogP contribution in [0.4, 0.5) is 0 Å². The first-order valence-corrected chi connectivity index (χ1v) is 8.42. The van der Waals surface area contributed by atoms with Gasteiger partial charge in [0.1, 0.15) is 5.54 Å². The van der Waals surface area contributed by atoms with Crippen molar-refractivity contribution in [2.45, 2.75) is 68.6 Å². The Morgan fingerprint density at radius 1 is 1.33 bits per heavy atom. The molecule has 5 heteroatoms. The highest BCUT2D eigenvalue weighted by atomic mass is 16.4. The second kappa shape index (κ2) is 5.86. The summed E-state index contributed by atoms with van der Waals surface area (Å²) in [6.07, 6.45) is 7.39. The summed E-state index contributed by atoms with van der Waals surface area (Å²) in [6, 6.07) is 1.51. The highest BCUT2D eigenvalue weighted by Gasteiger charge is 2.50. The van der Waals surface area contributed by atoms with E-state index in [-0.39, 0.29) is 0 Å². The van der Waals surface area contributed by atoms with Gasteiger partial charge in [0.25, 0.3) is 0 Å². The largest absolute Gasteiger partial charge is 0.480 e. The van der Waals surface area contributed by atoms with E-state index < -0.39 is 11.5 Å². The molecule has 1 saturated heterocycles. The van der Waals surface area contributed by atoms with Crippen molar-refractivity contribution in [3.63, 3.8) is 0 Å². The fraction of sp³-hybridized carbons (Fsp3) is 0.938. The van der Waals surface area contributed by atoms with E-state index in [0.717, 1.165) is 45.2 Å². The zero-order chi connectivity index (χ0) is 15.0. The Balaban J connectivity index is 1.65. The van der Waals surface area contributed by atoms with Gasteiger partial charge in [-0.25, -0.2) is 0 Å². The van der Waals surface area contributed by atoms with Crippen LogP contribution in [0.2, 0.25) is 0 Å². The number of likely N-dealkylation sites (N-methyl/N-ethyl adjacent to an activating group) is 1. The number of nitrogens with one attached hydrogen (secondary N) is 1. The predicted molar refractivity (Wildman–Crippen MR) is 82.4 cm³/mol. The summed E-state index contributed by atoms with van der Waals surface area (Å²) in [7, 11) is 4.25. The lowest BCUT2D eigenvalue weighted by Gasteiger charge is -2.33. The van der Waals surface area contributed by atoms with Crippen LogP contribution in [0.5, 0.6) is 0 Å². The Labute approximate surface area is 127 Å². The van der Waals surface area contributed by atoms with E-state index in [0.29, 0.717) is 18.1 Å². The summed E-state index contributed by atoms with van der Waals surface area (Å²) < 4.78 is 0. The summed E-state index contributed by atoms with van der Waals surface area (Å²) in [5, 5.41) is 13.2. The third kappa shape index (κ3) is 3.25. The number of hydrogen-bond donors (Lipinski definition) is 2. The molecule has 0 aromatic rings. The molecule has 120 valence electrons. The summed E-state index contributed by atoms with van der Waals surface area (Å²) in [6.45, 7) is 2.23. The number of nitrogens with zero attached hydrogens (tertiary/aromatic N) is 2. The molecule has 1 aliphatic heterocycles. The van der Waals surface area contributed by atoms with E-state index in [1.54, 1.807) is 0 Å². The van der Waals surface area contributed by atoms with Gasteiger partial charge < -0.3 is 10.0 Å². The van der Waals surface area contributed by atoms with Gasteiger partial charge in [0.05, 0.1) is 0 Å². The molecule has 21 heavy (non-hydrogen) atoms. The molecule has 3 unspecified atom stereocenters. The molecular weight excluding hydrogens is 266 g/mol. The fourth-order valence-corrected chi connectivity index (χ4v) is 4.26. The zero-order valence-electron chi connectivity index (χ0n) is 13.3. The monoisotopic (exact) mass is 295 g/mol. The van der Waals surface area contributed by atoms with E-state index in [1.807, 2.05) is 0 Å². The maximum Gasteiger partial charge on any atom is 0.323 e.